The Morgan fingerprint density at radius 2 is 2.16 bits per heavy atom. The number of hydrogen-bond acceptors (Lipinski definition) is 5. The second-order valence-corrected chi connectivity index (χ2v) is 9.22. The zero-order valence-corrected chi connectivity index (χ0v) is 18.2. The number of hydrogen-bond donors (Lipinski definition) is 3. The minimum atomic E-state index is -0.547. The highest BCUT2D eigenvalue weighted by molar-refractivity contribution is 6.03. The van der Waals surface area contributed by atoms with E-state index in [2.05, 4.69) is 29.1 Å². The molecule has 5 rings (SSSR count). The van der Waals surface area contributed by atoms with Crippen LogP contribution in [0.5, 0.6) is 0 Å². The van der Waals surface area contributed by atoms with Crippen molar-refractivity contribution in [3.8, 4) is 0 Å². The quantitative estimate of drug-likeness (QED) is 0.413. The van der Waals surface area contributed by atoms with Crippen LogP contribution in [0.1, 0.15) is 42.0 Å². The Hall–Kier alpha value is -3.33. The van der Waals surface area contributed by atoms with E-state index in [9.17, 15) is 9.18 Å². The molecule has 32 heavy (non-hydrogen) atoms. The highest BCUT2D eigenvalue weighted by Gasteiger charge is 2.28. The molecule has 4 aromatic rings. The fourth-order valence-corrected chi connectivity index (χ4v) is 4.29. The van der Waals surface area contributed by atoms with E-state index >= 15 is 0 Å². The molecule has 166 valence electrons. The second kappa shape index (κ2) is 7.67. The number of carbonyl (C=O) groups is 1. The molecule has 0 bridgehead atoms. The highest BCUT2D eigenvalue weighted by atomic mass is 19.1. The molecule has 0 unspecified atom stereocenters. The van der Waals surface area contributed by atoms with Crippen molar-refractivity contribution >= 4 is 28.0 Å². The molecule has 1 fully saturated rings. The topological polar surface area (TPSA) is 115 Å². The first kappa shape index (κ1) is 20.6. The van der Waals surface area contributed by atoms with Gasteiger partial charge in [0.2, 0.25) is 0 Å². The van der Waals surface area contributed by atoms with Crippen molar-refractivity contribution in [1.29, 1.82) is 0 Å². The second-order valence-electron chi connectivity index (χ2n) is 9.22. The van der Waals surface area contributed by atoms with E-state index in [1.807, 2.05) is 4.68 Å². The van der Waals surface area contributed by atoms with Crippen LogP contribution in [-0.2, 0) is 18.4 Å². The van der Waals surface area contributed by atoms with Gasteiger partial charge < -0.3 is 16.0 Å². The van der Waals surface area contributed by atoms with Crippen LogP contribution >= 0.6 is 0 Å². The number of nitrogens with one attached hydrogen (secondary N) is 2. The molecule has 8 nitrogen and oxygen atoms in total. The van der Waals surface area contributed by atoms with Crippen LogP contribution < -0.4 is 11.1 Å². The third kappa shape index (κ3) is 3.62. The Kier molecular flexibility index (Phi) is 4.93. The number of aromatic nitrogens is 5. The first-order valence-corrected chi connectivity index (χ1v) is 10.8. The number of halogens is 1. The monoisotopic (exact) mass is 435 g/mol. The van der Waals surface area contributed by atoms with Crippen LogP contribution in [0, 0.1) is 11.7 Å². The van der Waals surface area contributed by atoms with Gasteiger partial charge in [-0.05, 0) is 43.6 Å². The lowest BCUT2D eigenvalue weighted by molar-refractivity contribution is 0.100. The Labute approximate surface area is 184 Å². The summed E-state index contributed by atoms with van der Waals surface area (Å²) < 4.78 is 15.9. The smallest absolute Gasteiger partial charge is 0.252 e. The summed E-state index contributed by atoms with van der Waals surface area (Å²) in [6, 6.07) is 4.84. The summed E-state index contributed by atoms with van der Waals surface area (Å²) in [7, 11) is 0. The number of primary amides is 1. The highest BCUT2D eigenvalue weighted by Crippen LogP contribution is 2.31. The molecule has 3 aromatic heterocycles. The average Bonchev–Trinajstić information content (AvgIpc) is 3.27. The molecular weight excluding hydrogens is 409 g/mol. The maximum Gasteiger partial charge on any atom is 0.252 e. The van der Waals surface area contributed by atoms with Gasteiger partial charge in [0.05, 0.1) is 28.7 Å². The summed E-state index contributed by atoms with van der Waals surface area (Å²) in [5.74, 6) is -0.169. The van der Waals surface area contributed by atoms with Crippen LogP contribution in [0.25, 0.3) is 22.1 Å². The number of amides is 1. The number of rotatable bonds is 7. The third-order valence-corrected chi connectivity index (χ3v) is 6.35. The van der Waals surface area contributed by atoms with Crippen molar-refractivity contribution in [3.05, 3.63) is 53.4 Å². The molecule has 0 radical (unpaired) electrons. The van der Waals surface area contributed by atoms with Gasteiger partial charge in [0.1, 0.15) is 11.3 Å². The lowest BCUT2D eigenvalue weighted by Gasteiger charge is -2.26. The molecule has 1 saturated heterocycles. The Morgan fingerprint density at radius 3 is 2.88 bits per heavy atom. The zero-order chi connectivity index (χ0) is 22.5. The van der Waals surface area contributed by atoms with Gasteiger partial charge in [0, 0.05) is 30.0 Å². The number of H-pyrrole nitrogens is 1. The van der Waals surface area contributed by atoms with Crippen LogP contribution in [0.4, 0.5) is 4.39 Å². The summed E-state index contributed by atoms with van der Waals surface area (Å²) in [6.45, 7) is 6.94. The summed E-state index contributed by atoms with van der Waals surface area (Å²) >= 11 is 0. The van der Waals surface area contributed by atoms with Gasteiger partial charge in [-0.2, -0.15) is 5.10 Å². The molecular formula is C23H26FN7O. The fraction of sp³-hybridized carbons (Fsp3) is 0.391. The summed E-state index contributed by atoms with van der Waals surface area (Å²) in [5, 5.41) is 9.10. The van der Waals surface area contributed by atoms with E-state index in [0.29, 0.717) is 29.1 Å². The van der Waals surface area contributed by atoms with Crippen molar-refractivity contribution in [1.82, 2.24) is 30.0 Å². The third-order valence-electron chi connectivity index (χ3n) is 6.35. The molecule has 1 amide bonds. The molecule has 0 atom stereocenters. The van der Waals surface area contributed by atoms with E-state index in [1.54, 1.807) is 18.3 Å². The molecule has 1 aliphatic heterocycles. The van der Waals surface area contributed by atoms with Crippen molar-refractivity contribution in [2.75, 3.05) is 13.1 Å². The summed E-state index contributed by atoms with van der Waals surface area (Å²) in [4.78, 5) is 23.8. The van der Waals surface area contributed by atoms with Crippen LogP contribution in [0.3, 0.4) is 0 Å². The molecule has 1 aromatic carbocycles. The predicted molar refractivity (Wildman–Crippen MR) is 120 cm³/mol. The summed E-state index contributed by atoms with van der Waals surface area (Å²) in [6.07, 6.45) is 4.84. The molecule has 0 saturated carbocycles. The molecule has 0 spiro atoms. The largest absolute Gasteiger partial charge is 0.365 e. The van der Waals surface area contributed by atoms with Gasteiger partial charge in [-0.15, -0.1) is 0 Å². The summed E-state index contributed by atoms with van der Waals surface area (Å²) in [5.41, 5.74) is 8.80. The van der Waals surface area contributed by atoms with Crippen molar-refractivity contribution in [2.45, 2.75) is 38.6 Å². The van der Waals surface area contributed by atoms with Gasteiger partial charge in [-0.25, -0.2) is 14.4 Å². The van der Waals surface area contributed by atoms with Gasteiger partial charge >= 0.3 is 0 Å². The first-order chi connectivity index (χ1) is 15.3. The number of fused-ring (bicyclic) bond motifs is 2. The van der Waals surface area contributed by atoms with Gasteiger partial charge in [0.25, 0.3) is 5.91 Å². The number of carbonyl (C=O) groups excluding carboxylic acids is 1. The SMILES string of the molecule is CC(C)(Cc1nn(CCC2CNC2)c2cc(F)ccc12)c1cnc2[nH]cc(C(N)=O)c2n1. The Bertz CT molecular complexity index is 1320. The molecule has 1 aliphatic rings. The first-order valence-electron chi connectivity index (χ1n) is 10.8. The van der Waals surface area contributed by atoms with Crippen LogP contribution in [0.15, 0.2) is 30.6 Å². The standard InChI is InChI=1S/C23H26FN7O/c1-23(2,19-12-28-22-20(29-19)16(11-27-22)21(25)32)8-17-15-4-3-14(24)7-18(15)31(30-17)6-5-13-9-26-10-13/h3-4,7,11-13,26H,5-6,8-10H2,1-2H3,(H2,25,32)(H,27,28). The van der Waals surface area contributed by atoms with E-state index < -0.39 is 11.3 Å². The molecule has 0 aliphatic carbocycles. The number of aromatic amines is 1. The lowest BCUT2D eigenvalue weighted by Crippen LogP contribution is -2.42. The number of nitrogens with zero attached hydrogens (tertiary/aromatic N) is 4. The van der Waals surface area contributed by atoms with Crippen LogP contribution in [-0.4, -0.2) is 43.7 Å². The van der Waals surface area contributed by atoms with E-state index in [1.165, 1.54) is 12.3 Å². The molecule has 4 heterocycles. The van der Waals surface area contributed by atoms with Crippen molar-refractivity contribution in [3.63, 3.8) is 0 Å². The zero-order valence-electron chi connectivity index (χ0n) is 18.2. The molecule has 4 N–H and O–H groups in total. The Morgan fingerprint density at radius 1 is 1.34 bits per heavy atom. The lowest BCUT2D eigenvalue weighted by atomic mass is 9.84. The van der Waals surface area contributed by atoms with Crippen molar-refractivity contribution in [2.24, 2.45) is 11.7 Å². The number of aryl methyl sites for hydroxylation is 1. The maximum absolute atomic E-state index is 14.0. The van der Waals surface area contributed by atoms with Crippen molar-refractivity contribution < 1.29 is 9.18 Å². The van der Waals surface area contributed by atoms with E-state index in [-0.39, 0.29) is 5.82 Å². The molecule has 9 heteroatoms. The average molecular weight is 436 g/mol. The minimum absolute atomic E-state index is 0.266. The maximum atomic E-state index is 14.0. The number of benzene rings is 1. The fourth-order valence-electron chi connectivity index (χ4n) is 4.29. The number of nitrogens with two attached hydrogens (primary N) is 1. The predicted octanol–water partition coefficient (Wildman–Crippen LogP) is 2.68. The normalized spacial score (nSPS) is 14.8. The van der Waals surface area contributed by atoms with Gasteiger partial charge in [-0.3, -0.25) is 9.48 Å². The van der Waals surface area contributed by atoms with Gasteiger partial charge in [0.15, 0.2) is 5.65 Å². The van der Waals surface area contributed by atoms with E-state index in [4.69, 9.17) is 15.8 Å². The Balaban J connectivity index is 1.49. The minimum Gasteiger partial charge on any atom is -0.365 e. The van der Waals surface area contributed by atoms with Gasteiger partial charge in [-0.1, -0.05) is 13.8 Å². The van der Waals surface area contributed by atoms with Crippen LogP contribution in [0.2, 0.25) is 0 Å². The van der Waals surface area contributed by atoms with E-state index in [0.717, 1.165) is 48.3 Å².